The van der Waals surface area contributed by atoms with Crippen LogP contribution in [0.4, 0.5) is 0 Å². The Morgan fingerprint density at radius 2 is 1.90 bits per heavy atom. The zero-order valence-electron chi connectivity index (χ0n) is 11.4. The number of fused-ring (bicyclic) bond motifs is 1. The molecule has 1 aliphatic carbocycles. The molecule has 1 unspecified atom stereocenters. The predicted octanol–water partition coefficient (Wildman–Crippen LogP) is 3.53. The molecule has 0 aromatic heterocycles. The summed E-state index contributed by atoms with van der Waals surface area (Å²) in [6.45, 7) is 0. The Morgan fingerprint density at radius 3 is 2.70 bits per heavy atom. The Labute approximate surface area is 133 Å². The van der Waals surface area contributed by atoms with E-state index in [1.165, 1.54) is 45.1 Å². The first kappa shape index (κ1) is 14.0. The minimum Gasteiger partial charge on any atom is -0.271 e. The largest absolute Gasteiger partial charge is 0.271 e. The molecule has 0 amide bonds. The molecule has 0 saturated heterocycles. The molecule has 1 atom stereocenters. The molecule has 20 heavy (non-hydrogen) atoms. The maximum Gasteiger partial charge on any atom is 0.0510 e. The zero-order valence-corrected chi connectivity index (χ0v) is 13.6. The summed E-state index contributed by atoms with van der Waals surface area (Å²) in [7, 11) is 0. The minimum atomic E-state index is 0.169. The van der Waals surface area contributed by atoms with Crippen LogP contribution in [0.2, 0.25) is 0 Å². The molecule has 0 spiro atoms. The van der Waals surface area contributed by atoms with Gasteiger partial charge in [-0.05, 0) is 76.6 Å². The molecule has 104 valence electrons. The third-order valence-electron chi connectivity index (χ3n) is 4.08. The molecule has 0 bridgehead atoms. The van der Waals surface area contributed by atoms with Crippen molar-refractivity contribution in [1.82, 2.24) is 5.43 Å². The summed E-state index contributed by atoms with van der Waals surface area (Å²) in [4.78, 5) is 0. The Morgan fingerprint density at radius 1 is 1.10 bits per heavy atom. The summed E-state index contributed by atoms with van der Waals surface area (Å²) in [5.41, 5.74) is 8.67. The minimum absolute atomic E-state index is 0.169. The second-order valence-electron chi connectivity index (χ2n) is 5.40. The van der Waals surface area contributed by atoms with E-state index in [0.29, 0.717) is 0 Å². The maximum atomic E-state index is 5.78. The summed E-state index contributed by atoms with van der Waals surface area (Å²) in [6, 6.07) is 15.5. The van der Waals surface area contributed by atoms with Crippen molar-refractivity contribution in [3.05, 3.63) is 68.3 Å². The van der Waals surface area contributed by atoms with E-state index in [-0.39, 0.29) is 6.04 Å². The zero-order chi connectivity index (χ0) is 13.9. The lowest BCUT2D eigenvalue weighted by Crippen LogP contribution is -2.30. The molecule has 1 aliphatic rings. The summed E-state index contributed by atoms with van der Waals surface area (Å²) < 4.78 is 1.26. The number of nitrogens with one attached hydrogen (secondary N) is 1. The molecule has 0 heterocycles. The van der Waals surface area contributed by atoms with E-state index in [0.717, 1.165) is 6.42 Å². The van der Waals surface area contributed by atoms with Gasteiger partial charge in [-0.15, -0.1) is 0 Å². The van der Waals surface area contributed by atoms with Crippen molar-refractivity contribution in [3.8, 4) is 0 Å². The van der Waals surface area contributed by atoms with Crippen LogP contribution in [-0.2, 0) is 19.3 Å². The number of benzene rings is 2. The summed E-state index contributed by atoms with van der Waals surface area (Å²) >= 11 is 2.38. The van der Waals surface area contributed by atoms with Gasteiger partial charge in [0.2, 0.25) is 0 Å². The van der Waals surface area contributed by atoms with Crippen molar-refractivity contribution in [1.29, 1.82) is 0 Å². The van der Waals surface area contributed by atoms with Gasteiger partial charge in [0.05, 0.1) is 6.04 Å². The molecule has 2 nitrogen and oxygen atoms in total. The highest BCUT2D eigenvalue weighted by atomic mass is 127. The first-order valence-electron chi connectivity index (χ1n) is 7.09. The first-order chi connectivity index (χ1) is 9.78. The van der Waals surface area contributed by atoms with Gasteiger partial charge in [-0.3, -0.25) is 11.3 Å². The van der Waals surface area contributed by atoms with Crippen LogP contribution in [-0.4, -0.2) is 0 Å². The Bertz CT molecular complexity index is 610. The van der Waals surface area contributed by atoms with Crippen LogP contribution in [0.3, 0.4) is 0 Å². The highest BCUT2D eigenvalue weighted by Crippen LogP contribution is 2.26. The number of halogens is 1. The number of rotatable bonds is 4. The van der Waals surface area contributed by atoms with Gasteiger partial charge in [-0.1, -0.05) is 36.4 Å². The highest BCUT2D eigenvalue weighted by Gasteiger charge is 2.15. The molecule has 2 aromatic carbocycles. The van der Waals surface area contributed by atoms with Crippen molar-refractivity contribution in [2.75, 3.05) is 0 Å². The predicted molar refractivity (Wildman–Crippen MR) is 91.4 cm³/mol. The Balaban J connectivity index is 1.83. The van der Waals surface area contributed by atoms with E-state index < -0.39 is 0 Å². The lowest BCUT2D eigenvalue weighted by atomic mass is 9.97. The van der Waals surface area contributed by atoms with Crippen LogP contribution in [0.15, 0.2) is 42.5 Å². The van der Waals surface area contributed by atoms with Gasteiger partial charge in [-0.2, -0.15) is 0 Å². The van der Waals surface area contributed by atoms with Crippen LogP contribution in [0.1, 0.15) is 34.7 Å². The number of nitrogens with two attached hydrogens (primary N) is 1. The smallest absolute Gasteiger partial charge is 0.0510 e. The number of aryl methyl sites for hydroxylation is 2. The third kappa shape index (κ3) is 2.90. The molecule has 0 fully saturated rings. The van der Waals surface area contributed by atoms with Crippen LogP contribution in [0.25, 0.3) is 0 Å². The summed E-state index contributed by atoms with van der Waals surface area (Å²) in [5, 5.41) is 0. The first-order valence-corrected chi connectivity index (χ1v) is 8.17. The van der Waals surface area contributed by atoms with Gasteiger partial charge in [0.1, 0.15) is 0 Å². The van der Waals surface area contributed by atoms with Crippen molar-refractivity contribution in [2.24, 2.45) is 5.84 Å². The number of hydrogen-bond acceptors (Lipinski definition) is 2. The van der Waals surface area contributed by atoms with Gasteiger partial charge in [-0.25, -0.2) is 0 Å². The van der Waals surface area contributed by atoms with Crippen molar-refractivity contribution < 1.29 is 0 Å². The van der Waals surface area contributed by atoms with E-state index in [1.807, 2.05) is 0 Å². The van der Waals surface area contributed by atoms with Crippen LogP contribution in [0, 0.1) is 3.57 Å². The second-order valence-corrected chi connectivity index (χ2v) is 6.56. The van der Waals surface area contributed by atoms with Gasteiger partial charge in [0.25, 0.3) is 0 Å². The standard InChI is InChI=1S/C17H19IN2/c18-16-7-2-1-6-15(16)17(20-19)11-12-8-9-13-4-3-5-14(13)10-12/h1-2,6-10,17,20H,3-5,11,19H2. The fraction of sp³-hybridized carbons (Fsp3) is 0.294. The molecule has 3 N–H and O–H groups in total. The molecule has 3 rings (SSSR count). The molecule has 3 heteroatoms. The summed E-state index contributed by atoms with van der Waals surface area (Å²) in [5.74, 6) is 5.78. The van der Waals surface area contributed by atoms with Gasteiger partial charge in [0.15, 0.2) is 0 Å². The van der Waals surface area contributed by atoms with Gasteiger partial charge >= 0.3 is 0 Å². The molecule has 0 aliphatic heterocycles. The Kier molecular flexibility index (Phi) is 4.38. The molecule has 0 saturated carbocycles. The Hall–Kier alpha value is -0.910. The topological polar surface area (TPSA) is 38.0 Å². The van der Waals surface area contributed by atoms with Crippen molar-refractivity contribution in [2.45, 2.75) is 31.7 Å². The fourth-order valence-corrected chi connectivity index (χ4v) is 3.77. The average Bonchev–Trinajstić information content (AvgIpc) is 2.93. The second kappa shape index (κ2) is 6.24. The quantitative estimate of drug-likeness (QED) is 0.485. The van der Waals surface area contributed by atoms with E-state index in [2.05, 4.69) is 70.5 Å². The van der Waals surface area contributed by atoms with E-state index >= 15 is 0 Å². The number of hydrogen-bond donors (Lipinski definition) is 2. The number of hydrazine groups is 1. The SMILES string of the molecule is NNC(Cc1ccc2c(c1)CCC2)c1ccccc1I. The highest BCUT2D eigenvalue weighted by molar-refractivity contribution is 14.1. The van der Waals surface area contributed by atoms with Gasteiger partial charge < -0.3 is 0 Å². The maximum absolute atomic E-state index is 5.78. The monoisotopic (exact) mass is 378 g/mol. The molecule has 2 aromatic rings. The van der Waals surface area contributed by atoms with Crippen LogP contribution in [0.5, 0.6) is 0 Å². The van der Waals surface area contributed by atoms with E-state index in [4.69, 9.17) is 5.84 Å². The lowest BCUT2D eigenvalue weighted by molar-refractivity contribution is 0.549. The normalized spacial score (nSPS) is 15.1. The summed E-state index contributed by atoms with van der Waals surface area (Å²) in [6.07, 6.45) is 4.70. The molecular weight excluding hydrogens is 359 g/mol. The molecular formula is C17H19IN2. The average molecular weight is 378 g/mol. The van der Waals surface area contributed by atoms with E-state index in [9.17, 15) is 0 Å². The van der Waals surface area contributed by atoms with Crippen LogP contribution >= 0.6 is 22.6 Å². The fourth-order valence-electron chi connectivity index (χ4n) is 3.00. The third-order valence-corrected chi connectivity index (χ3v) is 5.07. The van der Waals surface area contributed by atoms with E-state index in [1.54, 1.807) is 0 Å². The van der Waals surface area contributed by atoms with Crippen LogP contribution < -0.4 is 11.3 Å². The van der Waals surface area contributed by atoms with Crippen molar-refractivity contribution >= 4 is 22.6 Å². The van der Waals surface area contributed by atoms with Gasteiger partial charge in [0, 0.05) is 3.57 Å². The molecule has 0 radical (unpaired) electrons. The van der Waals surface area contributed by atoms with Crippen molar-refractivity contribution in [3.63, 3.8) is 0 Å². The lowest BCUT2D eigenvalue weighted by Gasteiger charge is -2.18.